The van der Waals surface area contributed by atoms with Crippen LogP contribution < -0.4 is 5.73 Å². The fourth-order valence-electron chi connectivity index (χ4n) is 1.26. The van der Waals surface area contributed by atoms with E-state index in [1.807, 2.05) is 24.3 Å². The summed E-state index contributed by atoms with van der Waals surface area (Å²) in [6, 6.07) is 7.50. The van der Waals surface area contributed by atoms with Crippen LogP contribution in [0.4, 0.5) is 5.69 Å². The molecule has 0 aliphatic heterocycles. The Morgan fingerprint density at radius 2 is 2.12 bits per heavy atom. The molecule has 6 heteroatoms. The lowest BCUT2D eigenvalue weighted by Gasteiger charge is -2.04. The van der Waals surface area contributed by atoms with Crippen molar-refractivity contribution >= 4 is 27.6 Å². The molecule has 88 valence electrons. The van der Waals surface area contributed by atoms with Gasteiger partial charge >= 0.3 is 5.97 Å². The number of halogens is 1. The average molecular weight is 296 g/mol. The highest BCUT2D eigenvalue weighted by molar-refractivity contribution is 9.10. The topological polar surface area (TPSA) is 81.0 Å². The zero-order chi connectivity index (χ0) is 12.3. The van der Waals surface area contributed by atoms with E-state index in [9.17, 15) is 4.79 Å². The second-order valence-corrected chi connectivity index (χ2v) is 4.32. The number of aromatic nitrogens is 2. The van der Waals surface area contributed by atoms with E-state index in [2.05, 4.69) is 26.1 Å². The number of rotatable bonds is 3. The van der Waals surface area contributed by atoms with Crippen molar-refractivity contribution in [3.05, 3.63) is 46.2 Å². The number of benzene rings is 1. The maximum Gasteiger partial charge on any atom is 0.358 e. The van der Waals surface area contributed by atoms with Gasteiger partial charge in [-0.25, -0.2) is 4.79 Å². The van der Waals surface area contributed by atoms with E-state index in [1.54, 1.807) is 0 Å². The van der Waals surface area contributed by atoms with Gasteiger partial charge in [0.05, 0.1) is 11.9 Å². The largest absolute Gasteiger partial charge is 0.456 e. The number of nitrogens with two attached hydrogens (primary N) is 1. The standard InChI is InChI=1S/C11H10BrN3O2/c12-8-3-1-7(2-4-8)6-17-11(16)10-9(13)5-14-15-10/h1-5H,6,13H2,(H,14,15). The first-order valence-electron chi connectivity index (χ1n) is 4.87. The Balaban J connectivity index is 1.97. The minimum absolute atomic E-state index is 0.183. The van der Waals surface area contributed by atoms with Crippen LogP contribution in [-0.4, -0.2) is 16.2 Å². The number of aromatic amines is 1. The molecule has 5 nitrogen and oxygen atoms in total. The molecule has 0 fully saturated rings. The molecule has 0 amide bonds. The van der Waals surface area contributed by atoms with Crippen molar-refractivity contribution in [3.63, 3.8) is 0 Å². The molecule has 0 saturated carbocycles. The first kappa shape index (κ1) is 11.7. The Morgan fingerprint density at radius 1 is 1.41 bits per heavy atom. The third kappa shape index (κ3) is 2.85. The van der Waals surface area contributed by atoms with E-state index in [0.717, 1.165) is 10.0 Å². The highest BCUT2D eigenvalue weighted by Gasteiger charge is 2.12. The Hall–Kier alpha value is -1.82. The number of ether oxygens (including phenoxy) is 1. The molecular weight excluding hydrogens is 286 g/mol. The summed E-state index contributed by atoms with van der Waals surface area (Å²) in [4.78, 5) is 11.6. The number of nitrogens with one attached hydrogen (secondary N) is 1. The molecule has 0 radical (unpaired) electrons. The predicted molar refractivity (Wildman–Crippen MR) is 66.3 cm³/mol. The third-order valence-corrected chi connectivity index (χ3v) is 2.68. The summed E-state index contributed by atoms with van der Waals surface area (Å²) in [5.74, 6) is -0.511. The van der Waals surface area contributed by atoms with Crippen molar-refractivity contribution in [1.82, 2.24) is 10.2 Å². The van der Waals surface area contributed by atoms with Gasteiger partial charge in [0.2, 0.25) is 0 Å². The Labute approximate surface area is 106 Å². The smallest absolute Gasteiger partial charge is 0.358 e. The minimum atomic E-state index is -0.511. The van der Waals surface area contributed by atoms with Gasteiger partial charge in [0, 0.05) is 4.47 Å². The summed E-state index contributed by atoms with van der Waals surface area (Å²) < 4.78 is 6.06. The number of nitrogen functional groups attached to an aromatic ring is 1. The van der Waals surface area contributed by atoms with Crippen LogP contribution in [0.15, 0.2) is 34.9 Å². The molecule has 1 heterocycles. The van der Waals surface area contributed by atoms with Crippen LogP contribution in [0.2, 0.25) is 0 Å². The number of hydrogen-bond donors (Lipinski definition) is 2. The lowest BCUT2D eigenvalue weighted by molar-refractivity contribution is 0.0467. The molecule has 0 spiro atoms. The molecule has 17 heavy (non-hydrogen) atoms. The Bertz CT molecular complexity index is 522. The van der Waals surface area contributed by atoms with Gasteiger partial charge in [-0.1, -0.05) is 28.1 Å². The predicted octanol–water partition coefficient (Wildman–Crippen LogP) is 2.11. The van der Waals surface area contributed by atoms with Crippen LogP contribution in [-0.2, 0) is 11.3 Å². The van der Waals surface area contributed by atoms with E-state index >= 15 is 0 Å². The molecule has 1 aromatic heterocycles. The molecule has 2 aromatic rings. The first-order valence-corrected chi connectivity index (χ1v) is 5.66. The molecule has 0 aliphatic carbocycles. The van der Waals surface area contributed by atoms with Crippen LogP contribution in [0.3, 0.4) is 0 Å². The normalized spacial score (nSPS) is 10.2. The van der Waals surface area contributed by atoms with E-state index in [4.69, 9.17) is 10.5 Å². The summed E-state index contributed by atoms with van der Waals surface area (Å²) in [7, 11) is 0. The van der Waals surface area contributed by atoms with Gasteiger partial charge in [-0.2, -0.15) is 5.10 Å². The zero-order valence-corrected chi connectivity index (χ0v) is 10.4. The van der Waals surface area contributed by atoms with Gasteiger partial charge in [0.25, 0.3) is 0 Å². The van der Waals surface area contributed by atoms with Crippen molar-refractivity contribution in [2.45, 2.75) is 6.61 Å². The number of hydrogen-bond acceptors (Lipinski definition) is 4. The molecule has 0 unspecified atom stereocenters. The van der Waals surface area contributed by atoms with Crippen LogP contribution in [0.5, 0.6) is 0 Å². The van der Waals surface area contributed by atoms with E-state index < -0.39 is 5.97 Å². The quantitative estimate of drug-likeness (QED) is 0.850. The SMILES string of the molecule is Nc1cn[nH]c1C(=O)OCc1ccc(Br)cc1. The van der Waals surface area contributed by atoms with Gasteiger partial charge < -0.3 is 10.5 Å². The molecule has 3 N–H and O–H groups in total. The Morgan fingerprint density at radius 3 is 2.71 bits per heavy atom. The van der Waals surface area contributed by atoms with Crippen molar-refractivity contribution in [2.75, 3.05) is 5.73 Å². The van der Waals surface area contributed by atoms with Gasteiger partial charge in [0.1, 0.15) is 6.61 Å². The highest BCUT2D eigenvalue weighted by Crippen LogP contribution is 2.13. The van der Waals surface area contributed by atoms with Crippen molar-refractivity contribution in [2.24, 2.45) is 0 Å². The molecule has 2 rings (SSSR count). The maximum atomic E-state index is 11.6. The second kappa shape index (κ2) is 5.01. The molecule has 1 aromatic carbocycles. The maximum absolute atomic E-state index is 11.6. The molecular formula is C11H10BrN3O2. The molecule has 0 saturated heterocycles. The van der Waals surface area contributed by atoms with Gasteiger partial charge in [0.15, 0.2) is 5.69 Å². The number of carbonyl (C=O) groups excluding carboxylic acids is 1. The van der Waals surface area contributed by atoms with Gasteiger partial charge in [-0.05, 0) is 17.7 Å². The molecule has 0 aliphatic rings. The number of carbonyl (C=O) groups is 1. The van der Waals surface area contributed by atoms with Crippen LogP contribution >= 0.6 is 15.9 Å². The molecule has 0 atom stereocenters. The van der Waals surface area contributed by atoms with E-state index in [1.165, 1.54) is 6.20 Å². The summed E-state index contributed by atoms with van der Waals surface area (Å²) in [5.41, 5.74) is 6.90. The average Bonchev–Trinajstić information content (AvgIpc) is 2.74. The van der Waals surface area contributed by atoms with Crippen LogP contribution in [0.1, 0.15) is 16.1 Å². The summed E-state index contributed by atoms with van der Waals surface area (Å²) in [6.45, 7) is 0.199. The second-order valence-electron chi connectivity index (χ2n) is 3.40. The lowest BCUT2D eigenvalue weighted by Crippen LogP contribution is -2.08. The molecule has 0 bridgehead atoms. The van der Waals surface area contributed by atoms with Gasteiger partial charge in [-0.3, -0.25) is 5.10 Å². The monoisotopic (exact) mass is 295 g/mol. The minimum Gasteiger partial charge on any atom is -0.456 e. The first-order chi connectivity index (χ1) is 8.16. The summed E-state index contributed by atoms with van der Waals surface area (Å²) in [6.07, 6.45) is 1.37. The highest BCUT2D eigenvalue weighted by atomic mass is 79.9. The number of nitrogens with zero attached hydrogens (tertiary/aromatic N) is 1. The summed E-state index contributed by atoms with van der Waals surface area (Å²) in [5, 5.41) is 6.15. The fourth-order valence-corrected chi connectivity index (χ4v) is 1.52. The van der Waals surface area contributed by atoms with Crippen molar-refractivity contribution in [3.8, 4) is 0 Å². The van der Waals surface area contributed by atoms with Crippen molar-refractivity contribution in [1.29, 1.82) is 0 Å². The van der Waals surface area contributed by atoms with E-state index in [0.29, 0.717) is 0 Å². The summed E-state index contributed by atoms with van der Waals surface area (Å²) >= 11 is 3.33. The zero-order valence-electron chi connectivity index (χ0n) is 8.81. The lowest BCUT2D eigenvalue weighted by atomic mass is 10.2. The third-order valence-electron chi connectivity index (χ3n) is 2.16. The van der Waals surface area contributed by atoms with Crippen LogP contribution in [0.25, 0.3) is 0 Å². The van der Waals surface area contributed by atoms with Crippen molar-refractivity contribution < 1.29 is 9.53 Å². The Kier molecular flexibility index (Phi) is 3.43. The van der Waals surface area contributed by atoms with Crippen LogP contribution in [0, 0.1) is 0 Å². The number of H-pyrrole nitrogens is 1. The van der Waals surface area contributed by atoms with Gasteiger partial charge in [-0.15, -0.1) is 0 Å². The fraction of sp³-hybridized carbons (Fsp3) is 0.0909. The number of anilines is 1. The number of esters is 1. The van der Waals surface area contributed by atoms with E-state index in [-0.39, 0.29) is 18.0 Å².